The molecule has 19 heavy (non-hydrogen) atoms. The third-order valence-corrected chi connectivity index (χ3v) is 4.36. The molecule has 0 amide bonds. The Bertz CT molecular complexity index is 593. The van der Waals surface area contributed by atoms with Gasteiger partial charge >= 0.3 is 0 Å². The SMILES string of the molecule is Cc1ccc(NC(C)c2ccc(Br)cc2Br)c(C)c1. The lowest BCUT2D eigenvalue weighted by atomic mass is 10.1. The zero-order chi connectivity index (χ0) is 14.0. The van der Waals surface area contributed by atoms with E-state index >= 15 is 0 Å². The summed E-state index contributed by atoms with van der Waals surface area (Å²) in [6, 6.07) is 13.0. The van der Waals surface area contributed by atoms with E-state index < -0.39 is 0 Å². The lowest BCUT2D eigenvalue weighted by molar-refractivity contribution is 0.876. The molecule has 1 N–H and O–H groups in total. The molecule has 0 heterocycles. The van der Waals surface area contributed by atoms with Crippen molar-refractivity contribution in [3.8, 4) is 0 Å². The molecule has 1 unspecified atom stereocenters. The van der Waals surface area contributed by atoms with E-state index in [4.69, 9.17) is 0 Å². The molecule has 0 aliphatic rings. The zero-order valence-corrected chi connectivity index (χ0v) is 14.5. The maximum atomic E-state index is 3.62. The normalized spacial score (nSPS) is 12.3. The summed E-state index contributed by atoms with van der Waals surface area (Å²) in [4.78, 5) is 0. The Hall–Kier alpha value is -0.800. The number of benzene rings is 2. The fourth-order valence-corrected chi connectivity index (χ4v) is 3.53. The van der Waals surface area contributed by atoms with Crippen LogP contribution in [-0.2, 0) is 0 Å². The standard InChI is InChI=1S/C16H17Br2N/c1-10-4-7-16(11(2)8-10)19-12(3)14-6-5-13(17)9-15(14)18/h4-9,12,19H,1-3H3. The Balaban J connectivity index is 2.23. The van der Waals surface area contributed by atoms with Gasteiger partial charge in [-0.2, -0.15) is 0 Å². The Kier molecular flexibility index (Phi) is 4.69. The molecule has 2 aromatic rings. The highest BCUT2D eigenvalue weighted by Crippen LogP contribution is 2.29. The van der Waals surface area contributed by atoms with Crippen LogP contribution in [0.1, 0.15) is 29.7 Å². The van der Waals surface area contributed by atoms with Crippen LogP contribution in [0.2, 0.25) is 0 Å². The molecule has 0 aliphatic heterocycles. The van der Waals surface area contributed by atoms with Crippen LogP contribution in [-0.4, -0.2) is 0 Å². The van der Waals surface area contributed by atoms with Gasteiger partial charge in [-0.05, 0) is 50.1 Å². The number of hydrogen-bond donors (Lipinski definition) is 1. The van der Waals surface area contributed by atoms with Crippen LogP contribution in [0.4, 0.5) is 5.69 Å². The van der Waals surface area contributed by atoms with E-state index in [0.29, 0.717) is 0 Å². The number of nitrogens with one attached hydrogen (secondary N) is 1. The van der Waals surface area contributed by atoms with Gasteiger partial charge < -0.3 is 5.32 Å². The van der Waals surface area contributed by atoms with Gasteiger partial charge in [0.2, 0.25) is 0 Å². The summed E-state index contributed by atoms with van der Waals surface area (Å²) in [7, 11) is 0. The fourth-order valence-electron chi connectivity index (χ4n) is 2.14. The van der Waals surface area contributed by atoms with Crippen LogP contribution in [0.3, 0.4) is 0 Å². The lowest BCUT2D eigenvalue weighted by Gasteiger charge is -2.19. The summed E-state index contributed by atoms with van der Waals surface area (Å²) in [6.45, 7) is 6.43. The maximum absolute atomic E-state index is 3.62. The summed E-state index contributed by atoms with van der Waals surface area (Å²) < 4.78 is 2.20. The second kappa shape index (κ2) is 6.10. The number of rotatable bonds is 3. The fraction of sp³-hybridized carbons (Fsp3) is 0.250. The average molecular weight is 383 g/mol. The molecule has 0 spiro atoms. The third kappa shape index (κ3) is 3.61. The van der Waals surface area contributed by atoms with Gasteiger partial charge in [0, 0.05) is 20.7 Å². The molecule has 100 valence electrons. The molecule has 0 aliphatic carbocycles. The van der Waals surface area contributed by atoms with Gasteiger partial charge in [0.05, 0.1) is 0 Å². The highest BCUT2D eigenvalue weighted by Gasteiger charge is 2.10. The molecule has 0 saturated heterocycles. The van der Waals surface area contributed by atoms with Crippen LogP contribution in [0.5, 0.6) is 0 Å². The van der Waals surface area contributed by atoms with Crippen molar-refractivity contribution in [3.05, 3.63) is 62.0 Å². The van der Waals surface area contributed by atoms with E-state index in [1.165, 1.54) is 22.4 Å². The molecule has 0 aromatic heterocycles. The molecule has 0 bridgehead atoms. The van der Waals surface area contributed by atoms with Gasteiger partial charge in [-0.15, -0.1) is 0 Å². The Labute approximate surface area is 131 Å². The Morgan fingerprint density at radius 2 is 1.74 bits per heavy atom. The van der Waals surface area contributed by atoms with Crippen LogP contribution in [0.15, 0.2) is 45.3 Å². The predicted molar refractivity (Wildman–Crippen MR) is 89.8 cm³/mol. The summed E-state index contributed by atoms with van der Waals surface area (Å²) >= 11 is 7.10. The highest BCUT2D eigenvalue weighted by molar-refractivity contribution is 9.11. The zero-order valence-electron chi connectivity index (χ0n) is 11.3. The van der Waals surface area contributed by atoms with Gasteiger partial charge in [0.25, 0.3) is 0 Å². The monoisotopic (exact) mass is 381 g/mol. The van der Waals surface area contributed by atoms with E-state index in [9.17, 15) is 0 Å². The average Bonchev–Trinajstić information content (AvgIpc) is 2.32. The minimum Gasteiger partial charge on any atom is -0.378 e. The van der Waals surface area contributed by atoms with Gasteiger partial charge in [-0.3, -0.25) is 0 Å². The molecule has 1 atom stereocenters. The van der Waals surface area contributed by atoms with Crippen molar-refractivity contribution in [2.24, 2.45) is 0 Å². The first-order valence-corrected chi connectivity index (χ1v) is 7.84. The topological polar surface area (TPSA) is 12.0 Å². The molecule has 2 aromatic carbocycles. The highest BCUT2D eigenvalue weighted by atomic mass is 79.9. The van der Waals surface area contributed by atoms with Crippen LogP contribution < -0.4 is 5.32 Å². The van der Waals surface area contributed by atoms with Gasteiger partial charge in [-0.1, -0.05) is 55.6 Å². The van der Waals surface area contributed by atoms with Crippen molar-refractivity contribution >= 4 is 37.5 Å². The van der Waals surface area contributed by atoms with Gasteiger partial charge in [-0.25, -0.2) is 0 Å². The van der Waals surface area contributed by atoms with Crippen LogP contribution >= 0.6 is 31.9 Å². The smallest absolute Gasteiger partial charge is 0.0496 e. The molecular weight excluding hydrogens is 366 g/mol. The minimum atomic E-state index is 0.254. The maximum Gasteiger partial charge on any atom is 0.0496 e. The van der Waals surface area contributed by atoms with Crippen molar-refractivity contribution in [3.63, 3.8) is 0 Å². The summed E-state index contributed by atoms with van der Waals surface area (Å²) in [5, 5.41) is 3.57. The van der Waals surface area contributed by atoms with E-state index in [-0.39, 0.29) is 6.04 Å². The van der Waals surface area contributed by atoms with E-state index in [1.807, 2.05) is 0 Å². The first kappa shape index (κ1) is 14.6. The summed E-state index contributed by atoms with van der Waals surface area (Å²) in [5.74, 6) is 0. The number of aryl methyl sites for hydroxylation is 2. The van der Waals surface area contributed by atoms with Crippen LogP contribution in [0, 0.1) is 13.8 Å². The van der Waals surface area contributed by atoms with Crippen LogP contribution in [0.25, 0.3) is 0 Å². The Morgan fingerprint density at radius 1 is 1.00 bits per heavy atom. The Morgan fingerprint density at radius 3 is 2.37 bits per heavy atom. The number of halogens is 2. The lowest BCUT2D eigenvalue weighted by Crippen LogP contribution is -2.08. The third-order valence-electron chi connectivity index (χ3n) is 3.18. The first-order chi connectivity index (χ1) is 8.97. The van der Waals surface area contributed by atoms with Crippen molar-refractivity contribution in [2.75, 3.05) is 5.32 Å². The van der Waals surface area contributed by atoms with Crippen molar-refractivity contribution < 1.29 is 0 Å². The van der Waals surface area contributed by atoms with E-state index in [1.54, 1.807) is 0 Å². The quantitative estimate of drug-likeness (QED) is 0.686. The molecular formula is C16H17Br2N. The second-order valence-corrected chi connectivity index (χ2v) is 6.62. The van der Waals surface area contributed by atoms with E-state index in [0.717, 1.165) is 8.95 Å². The summed E-state index contributed by atoms with van der Waals surface area (Å²) in [5.41, 5.74) is 5.01. The van der Waals surface area contributed by atoms with Gasteiger partial charge in [0.1, 0.15) is 0 Å². The van der Waals surface area contributed by atoms with Gasteiger partial charge in [0.15, 0.2) is 0 Å². The molecule has 0 radical (unpaired) electrons. The molecule has 0 saturated carbocycles. The number of anilines is 1. The molecule has 3 heteroatoms. The minimum absolute atomic E-state index is 0.254. The van der Waals surface area contributed by atoms with E-state index in [2.05, 4.69) is 94.3 Å². The van der Waals surface area contributed by atoms with Crippen molar-refractivity contribution in [1.29, 1.82) is 0 Å². The first-order valence-electron chi connectivity index (χ1n) is 6.26. The predicted octanol–water partition coefficient (Wildman–Crippen LogP) is 6.00. The van der Waals surface area contributed by atoms with Crippen molar-refractivity contribution in [2.45, 2.75) is 26.8 Å². The second-order valence-electron chi connectivity index (χ2n) is 4.85. The number of hydrogen-bond acceptors (Lipinski definition) is 1. The molecule has 0 fully saturated rings. The molecule has 1 nitrogen and oxygen atoms in total. The molecule has 2 rings (SSSR count). The largest absolute Gasteiger partial charge is 0.378 e. The van der Waals surface area contributed by atoms with Crippen molar-refractivity contribution in [1.82, 2.24) is 0 Å². The summed E-state index contributed by atoms with van der Waals surface area (Å²) in [6.07, 6.45) is 0.